The van der Waals surface area contributed by atoms with Gasteiger partial charge < -0.3 is 16.2 Å². The second-order valence-corrected chi connectivity index (χ2v) is 6.46. The lowest BCUT2D eigenvalue weighted by molar-refractivity contribution is -0.125. The molecule has 0 radical (unpaired) electrons. The summed E-state index contributed by atoms with van der Waals surface area (Å²) in [5.74, 6) is -0.274. The van der Waals surface area contributed by atoms with Crippen LogP contribution in [0.25, 0.3) is 0 Å². The van der Waals surface area contributed by atoms with Crippen LogP contribution < -0.4 is 11.1 Å². The number of carbonyl (C=O) groups is 1. The number of rotatable bonds is 3. The lowest BCUT2D eigenvalue weighted by Gasteiger charge is -2.30. The van der Waals surface area contributed by atoms with Crippen molar-refractivity contribution < 1.29 is 9.90 Å². The normalized spacial score (nSPS) is 18.0. The Bertz CT molecular complexity index is 503. The molecule has 0 saturated heterocycles. The Morgan fingerprint density at radius 1 is 1.19 bits per heavy atom. The Hall–Kier alpha value is -0.970. The van der Waals surface area contributed by atoms with Gasteiger partial charge in [-0.05, 0) is 25.0 Å². The molecule has 1 aromatic carbocycles. The second-order valence-electron chi connectivity index (χ2n) is 5.64. The number of hydrogen-bond acceptors (Lipinski definition) is 3. The molecule has 0 aliphatic heterocycles. The minimum absolute atomic E-state index is 0.0928. The highest BCUT2D eigenvalue weighted by atomic mass is 35.5. The first kappa shape index (κ1) is 16.4. The summed E-state index contributed by atoms with van der Waals surface area (Å²) in [6.07, 6.45) is 5.92. The van der Waals surface area contributed by atoms with Crippen LogP contribution in [0.5, 0.6) is 5.75 Å². The van der Waals surface area contributed by atoms with Crippen LogP contribution in [-0.2, 0) is 4.79 Å². The number of phenols is 1. The molecule has 1 aromatic rings. The number of phenolic OH excluding ortho intramolecular Hbond substituents is 1. The monoisotopic (exact) mass is 330 g/mol. The third-order valence-corrected chi connectivity index (χ3v) is 4.78. The maximum absolute atomic E-state index is 12.6. The molecule has 0 aromatic heterocycles. The molecule has 0 bridgehead atoms. The summed E-state index contributed by atoms with van der Waals surface area (Å²) < 4.78 is 0. The Balaban J connectivity index is 2.19. The number of aromatic hydroxyl groups is 1. The lowest BCUT2D eigenvalue weighted by Crippen LogP contribution is -2.42. The Kier molecular flexibility index (Phi) is 5.36. The second kappa shape index (κ2) is 6.86. The molecule has 1 aliphatic carbocycles. The first-order valence-corrected chi connectivity index (χ1v) is 7.94. The zero-order valence-corrected chi connectivity index (χ0v) is 13.3. The number of benzene rings is 1. The van der Waals surface area contributed by atoms with Crippen molar-refractivity contribution in [2.45, 2.75) is 38.5 Å². The highest BCUT2D eigenvalue weighted by molar-refractivity contribution is 6.37. The number of nitrogens with one attached hydrogen (secondary N) is 1. The lowest BCUT2D eigenvalue weighted by atomic mass is 9.79. The molecule has 0 spiro atoms. The summed E-state index contributed by atoms with van der Waals surface area (Å²) in [4.78, 5) is 12.6. The van der Waals surface area contributed by atoms with Crippen LogP contribution in [-0.4, -0.2) is 17.6 Å². The molecule has 0 unspecified atom stereocenters. The van der Waals surface area contributed by atoms with Crippen LogP contribution in [0.4, 0.5) is 5.69 Å². The predicted octanol–water partition coefficient (Wildman–Crippen LogP) is 3.94. The van der Waals surface area contributed by atoms with Gasteiger partial charge in [0, 0.05) is 12.2 Å². The van der Waals surface area contributed by atoms with E-state index in [4.69, 9.17) is 28.9 Å². The van der Waals surface area contributed by atoms with Gasteiger partial charge in [0.05, 0.1) is 15.5 Å². The van der Waals surface area contributed by atoms with Crippen LogP contribution in [0, 0.1) is 5.41 Å². The molecule has 0 atom stereocenters. The SMILES string of the molecule is NCC1(C(=O)Nc2cc(Cl)c(O)c(Cl)c2)CCCCCC1. The highest BCUT2D eigenvalue weighted by Crippen LogP contribution is 2.38. The Labute approximate surface area is 134 Å². The fraction of sp³-hybridized carbons (Fsp3) is 0.533. The van der Waals surface area contributed by atoms with E-state index in [9.17, 15) is 9.90 Å². The van der Waals surface area contributed by atoms with E-state index >= 15 is 0 Å². The molecule has 0 heterocycles. The van der Waals surface area contributed by atoms with E-state index in [1.165, 1.54) is 12.1 Å². The van der Waals surface area contributed by atoms with E-state index in [1.807, 2.05) is 0 Å². The highest BCUT2D eigenvalue weighted by Gasteiger charge is 2.37. The standard InChI is InChI=1S/C15H20Cl2N2O2/c16-11-7-10(8-12(17)13(11)20)19-14(21)15(9-18)5-3-1-2-4-6-15/h7-8,20H,1-6,9,18H2,(H,19,21). The summed E-state index contributed by atoms with van der Waals surface area (Å²) in [5.41, 5.74) is 5.85. The van der Waals surface area contributed by atoms with Crippen molar-refractivity contribution in [2.75, 3.05) is 11.9 Å². The molecular weight excluding hydrogens is 311 g/mol. The van der Waals surface area contributed by atoms with Crippen LogP contribution >= 0.6 is 23.2 Å². The van der Waals surface area contributed by atoms with Crippen molar-refractivity contribution in [1.82, 2.24) is 0 Å². The summed E-state index contributed by atoms with van der Waals surface area (Å²) >= 11 is 11.7. The van der Waals surface area contributed by atoms with Gasteiger partial charge in [-0.25, -0.2) is 0 Å². The molecule has 4 nitrogen and oxygen atoms in total. The topological polar surface area (TPSA) is 75.4 Å². The van der Waals surface area contributed by atoms with Gasteiger partial charge in [-0.15, -0.1) is 0 Å². The summed E-state index contributed by atoms with van der Waals surface area (Å²) in [6.45, 7) is 0.332. The van der Waals surface area contributed by atoms with Gasteiger partial charge in [-0.1, -0.05) is 48.9 Å². The molecule has 1 fully saturated rings. The first-order chi connectivity index (χ1) is 9.98. The summed E-state index contributed by atoms with van der Waals surface area (Å²) in [5, 5.41) is 12.6. The average molecular weight is 331 g/mol. The van der Waals surface area contributed by atoms with E-state index in [-0.39, 0.29) is 21.7 Å². The van der Waals surface area contributed by atoms with Gasteiger partial charge in [0.2, 0.25) is 5.91 Å². The van der Waals surface area contributed by atoms with Crippen molar-refractivity contribution in [3.63, 3.8) is 0 Å². The quantitative estimate of drug-likeness (QED) is 0.580. The van der Waals surface area contributed by atoms with E-state index in [2.05, 4.69) is 5.32 Å². The van der Waals surface area contributed by atoms with Crippen LogP contribution in [0.3, 0.4) is 0 Å². The number of hydrogen-bond donors (Lipinski definition) is 3. The number of anilines is 1. The minimum Gasteiger partial charge on any atom is -0.505 e. The summed E-state index contributed by atoms with van der Waals surface area (Å²) in [7, 11) is 0. The van der Waals surface area contributed by atoms with E-state index < -0.39 is 5.41 Å². The molecule has 1 amide bonds. The van der Waals surface area contributed by atoms with Gasteiger partial charge in [0.15, 0.2) is 5.75 Å². The Morgan fingerprint density at radius 3 is 2.19 bits per heavy atom. The fourth-order valence-electron chi connectivity index (χ4n) is 2.83. The van der Waals surface area contributed by atoms with E-state index in [0.717, 1.165) is 38.5 Å². The maximum Gasteiger partial charge on any atom is 0.231 e. The zero-order valence-electron chi connectivity index (χ0n) is 11.8. The fourth-order valence-corrected chi connectivity index (χ4v) is 3.32. The van der Waals surface area contributed by atoms with Crippen LogP contribution in [0.1, 0.15) is 38.5 Å². The van der Waals surface area contributed by atoms with Crippen molar-refractivity contribution >= 4 is 34.8 Å². The number of amides is 1. The summed E-state index contributed by atoms with van der Waals surface area (Å²) in [6, 6.07) is 2.98. The molecule has 1 saturated carbocycles. The predicted molar refractivity (Wildman–Crippen MR) is 85.9 cm³/mol. The number of halogens is 2. The van der Waals surface area contributed by atoms with Crippen LogP contribution in [0.2, 0.25) is 10.0 Å². The van der Waals surface area contributed by atoms with Gasteiger partial charge in [0.25, 0.3) is 0 Å². The third kappa shape index (κ3) is 3.62. The molecule has 2 rings (SSSR count). The molecule has 116 valence electrons. The first-order valence-electron chi connectivity index (χ1n) is 7.18. The minimum atomic E-state index is -0.520. The number of nitrogens with two attached hydrogens (primary N) is 1. The molecule has 21 heavy (non-hydrogen) atoms. The largest absolute Gasteiger partial charge is 0.505 e. The molecule has 1 aliphatic rings. The van der Waals surface area contributed by atoms with E-state index in [0.29, 0.717) is 12.2 Å². The van der Waals surface area contributed by atoms with Gasteiger partial charge in [-0.3, -0.25) is 4.79 Å². The average Bonchev–Trinajstić information content (AvgIpc) is 2.71. The van der Waals surface area contributed by atoms with Crippen LogP contribution in [0.15, 0.2) is 12.1 Å². The zero-order chi connectivity index (χ0) is 15.5. The maximum atomic E-state index is 12.6. The Morgan fingerprint density at radius 2 is 1.71 bits per heavy atom. The van der Waals surface area contributed by atoms with Crippen molar-refractivity contribution in [2.24, 2.45) is 11.1 Å². The smallest absolute Gasteiger partial charge is 0.231 e. The molecule has 6 heteroatoms. The van der Waals surface area contributed by atoms with Crippen molar-refractivity contribution in [3.8, 4) is 5.75 Å². The third-order valence-electron chi connectivity index (χ3n) is 4.21. The number of carbonyl (C=O) groups excluding carboxylic acids is 1. The van der Waals surface area contributed by atoms with Gasteiger partial charge in [-0.2, -0.15) is 0 Å². The van der Waals surface area contributed by atoms with E-state index in [1.54, 1.807) is 0 Å². The molecular formula is C15H20Cl2N2O2. The van der Waals surface area contributed by atoms with Gasteiger partial charge >= 0.3 is 0 Å². The molecule has 4 N–H and O–H groups in total. The van der Waals surface area contributed by atoms with Crippen molar-refractivity contribution in [1.29, 1.82) is 0 Å². The van der Waals surface area contributed by atoms with Crippen molar-refractivity contribution in [3.05, 3.63) is 22.2 Å². The van der Waals surface area contributed by atoms with Gasteiger partial charge in [0.1, 0.15) is 0 Å².